The molecule has 1 aromatic heterocycles. The van der Waals surface area contributed by atoms with Crippen molar-refractivity contribution in [2.24, 2.45) is 17.6 Å². The number of fused-ring (bicyclic) bond motifs is 1. The van der Waals surface area contributed by atoms with Crippen LogP contribution in [0, 0.1) is 18.8 Å². The Labute approximate surface area is 95.8 Å². The molecule has 3 atom stereocenters. The molecule has 4 heteroatoms. The number of hydrogen-bond acceptors (Lipinski definition) is 4. The first kappa shape index (κ1) is 10.3. The van der Waals surface area contributed by atoms with Crippen molar-refractivity contribution in [3.8, 4) is 0 Å². The van der Waals surface area contributed by atoms with Crippen LogP contribution in [0.3, 0.4) is 0 Å². The normalized spacial score (nSPS) is 34.5. The van der Waals surface area contributed by atoms with Gasteiger partial charge in [0.1, 0.15) is 5.76 Å². The molecule has 0 bridgehead atoms. The first-order chi connectivity index (χ1) is 7.72. The highest BCUT2D eigenvalue weighted by Crippen LogP contribution is 2.37. The molecule has 0 spiro atoms. The predicted molar refractivity (Wildman–Crippen MR) is 60.7 cm³/mol. The summed E-state index contributed by atoms with van der Waals surface area (Å²) >= 11 is 0. The molecule has 1 saturated carbocycles. The van der Waals surface area contributed by atoms with E-state index in [9.17, 15) is 0 Å². The van der Waals surface area contributed by atoms with Gasteiger partial charge in [-0.15, -0.1) is 0 Å². The topological polar surface area (TPSA) is 55.3 Å². The fourth-order valence-corrected chi connectivity index (χ4v) is 3.25. The lowest BCUT2D eigenvalue weighted by Crippen LogP contribution is -2.30. The second-order valence-corrected chi connectivity index (χ2v) is 5.29. The highest BCUT2D eigenvalue weighted by molar-refractivity contribution is 5.05. The van der Waals surface area contributed by atoms with Crippen LogP contribution in [0.2, 0.25) is 0 Å². The Kier molecular flexibility index (Phi) is 2.48. The van der Waals surface area contributed by atoms with Gasteiger partial charge in [-0.3, -0.25) is 4.90 Å². The van der Waals surface area contributed by atoms with Crippen molar-refractivity contribution < 1.29 is 4.52 Å². The molecule has 0 radical (unpaired) electrons. The Balaban J connectivity index is 1.62. The molecular formula is C12H19N3O. The van der Waals surface area contributed by atoms with Crippen LogP contribution in [0.4, 0.5) is 0 Å². The Bertz CT molecular complexity index is 376. The van der Waals surface area contributed by atoms with E-state index in [4.69, 9.17) is 10.3 Å². The van der Waals surface area contributed by atoms with E-state index in [-0.39, 0.29) is 0 Å². The third kappa shape index (κ3) is 1.76. The molecule has 16 heavy (non-hydrogen) atoms. The molecule has 3 rings (SSSR count). The lowest BCUT2D eigenvalue weighted by molar-refractivity contribution is 0.285. The average molecular weight is 221 g/mol. The van der Waals surface area contributed by atoms with E-state index in [1.54, 1.807) is 0 Å². The van der Waals surface area contributed by atoms with Crippen LogP contribution in [-0.4, -0.2) is 29.2 Å². The van der Waals surface area contributed by atoms with E-state index in [0.717, 1.165) is 30.5 Å². The van der Waals surface area contributed by atoms with Crippen molar-refractivity contribution in [1.29, 1.82) is 0 Å². The van der Waals surface area contributed by atoms with Gasteiger partial charge in [0, 0.05) is 31.7 Å². The molecule has 1 aliphatic heterocycles. The third-order valence-corrected chi connectivity index (χ3v) is 4.05. The number of nitrogens with two attached hydrogens (primary N) is 1. The van der Waals surface area contributed by atoms with E-state index < -0.39 is 0 Å². The van der Waals surface area contributed by atoms with Crippen LogP contribution in [0.25, 0.3) is 0 Å². The summed E-state index contributed by atoms with van der Waals surface area (Å²) in [4.78, 5) is 2.46. The minimum Gasteiger partial charge on any atom is -0.361 e. The molecule has 0 amide bonds. The van der Waals surface area contributed by atoms with Gasteiger partial charge in [-0.2, -0.15) is 0 Å². The molecule has 1 saturated heterocycles. The van der Waals surface area contributed by atoms with Crippen LogP contribution in [0.5, 0.6) is 0 Å². The summed E-state index contributed by atoms with van der Waals surface area (Å²) in [5.41, 5.74) is 7.17. The summed E-state index contributed by atoms with van der Waals surface area (Å²) < 4.78 is 5.09. The van der Waals surface area contributed by atoms with Gasteiger partial charge >= 0.3 is 0 Å². The van der Waals surface area contributed by atoms with Gasteiger partial charge in [0.15, 0.2) is 0 Å². The number of aromatic nitrogens is 1. The van der Waals surface area contributed by atoms with E-state index in [2.05, 4.69) is 10.1 Å². The number of likely N-dealkylation sites (tertiary alicyclic amines) is 1. The fourth-order valence-electron chi connectivity index (χ4n) is 3.25. The zero-order valence-electron chi connectivity index (χ0n) is 9.72. The quantitative estimate of drug-likeness (QED) is 0.814. The zero-order chi connectivity index (χ0) is 11.1. The monoisotopic (exact) mass is 221 g/mol. The Morgan fingerprint density at radius 2 is 2.38 bits per heavy atom. The van der Waals surface area contributed by atoms with Gasteiger partial charge in [-0.05, 0) is 31.6 Å². The molecule has 88 valence electrons. The second-order valence-electron chi connectivity index (χ2n) is 5.29. The average Bonchev–Trinajstić information content (AvgIpc) is 2.88. The molecule has 2 fully saturated rings. The molecule has 0 aromatic carbocycles. The first-order valence-electron chi connectivity index (χ1n) is 6.12. The standard InChI is InChI=1S/C12H19N3O/c1-8-4-10(14-16-8)6-15-5-9-2-3-12(13)11(9)7-15/h4,9,11-12H,2-3,5-7,13H2,1H3. The van der Waals surface area contributed by atoms with E-state index in [0.29, 0.717) is 12.0 Å². The Morgan fingerprint density at radius 3 is 3.06 bits per heavy atom. The van der Waals surface area contributed by atoms with E-state index in [1.165, 1.54) is 19.4 Å². The number of hydrogen-bond donors (Lipinski definition) is 1. The van der Waals surface area contributed by atoms with Gasteiger partial charge in [0.2, 0.25) is 0 Å². The van der Waals surface area contributed by atoms with Gasteiger partial charge in [0.05, 0.1) is 5.69 Å². The molecule has 1 aliphatic carbocycles. The van der Waals surface area contributed by atoms with Crippen molar-refractivity contribution in [1.82, 2.24) is 10.1 Å². The van der Waals surface area contributed by atoms with Gasteiger partial charge in [-0.25, -0.2) is 0 Å². The van der Waals surface area contributed by atoms with Crippen molar-refractivity contribution >= 4 is 0 Å². The van der Waals surface area contributed by atoms with E-state index >= 15 is 0 Å². The molecular weight excluding hydrogens is 202 g/mol. The number of nitrogens with zero attached hydrogens (tertiary/aromatic N) is 2. The second kappa shape index (κ2) is 3.86. The summed E-state index contributed by atoms with van der Waals surface area (Å²) in [7, 11) is 0. The third-order valence-electron chi connectivity index (χ3n) is 4.05. The minimum absolute atomic E-state index is 0.425. The number of rotatable bonds is 2. The van der Waals surface area contributed by atoms with Crippen molar-refractivity contribution in [3.05, 3.63) is 17.5 Å². The van der Waals surface area contributed by atoms with Crippen LogP contribution in [0.1, 0.15) is 24.3 Å². The maximum absolute atomic E-state index is 6.12. The Hall–Kier alpha value is -0.870. The number of aryl methyl sites for hydroxylation is 1. The molecule has 1 aromatic rings. The summed E-state index contributed by atoms with van der Waals surface area (Å²) in [6.45, 7) is 5.17. The predicted octanol–water partition coefficient (Wildman–Crippen LogP) is 1.15. The zero-order valence-corrected chi connectivity index (χ0v) is 9.72. The van der Waals surface area contributed by atoms with Crippen LogP contribution < -0.4 is 5.73 Å². The maximum atomic E-state index is 6.12. The van der Waals surface area contributed by atoms with E-state index in [1.807, 2.05) is 13.0 Å². The van der Waals surface area contributed by atoms with Crippen molar-refractivity contribution in [3.63, 3.8) is 0 Å². The highest BCUT2D eigenvalue weighted by Gasteiger charge is 2.40. The smallest absolute Gasteiger partial charge is 0.133 e. The summed E-state index contributed by atoms with van der Waals surface area (Å²) in [6.07, 6.45) is 2.52. The van der Waals surface area contributed by atoms with Crippen LogP contribution in [-0.2, 0) is 6.54 Å². The minimum atomic E-state index is 0.425. The largest absolute Gasteiger partial charge is 0.361 e. The molecule has 3 unspecified atom stereocenters. The van der Waals surface area contributed by atoms with Gasteiger partial charge < -0.3 is 10.3 Å². The SMILES string of the molecule is Cc1cc(CN2CC3CCC(N)C3C2)no1. The first-order valence-corrected chi connectivity index (χ1v) is 6.12. The fraction of sp³-hybridized carbons (Fsp3) is 0.750. The molecule has 2 heterocycles. The lowest BCUT2D eigenvalue weighted by Gasteiger charge is -2.16. The molecule has 2 N–H and O–H groups in total. The summed E-state index contributed by atoms with van der Waals surface area (Å²) in [6, 6.07) is 2.45. The summed E-state index contributed by atoms with van der Waals surface area (Å²) in [5, 5.41) is 4.04. The molecule has 2 aliphatic rings. The maximum Gasteiger partial charge on any atom is 0.133 e. The van der Waals surface area contributed by atoms with Crippen molar-refractivity contribution in [2.75, 3.05) is 13.1 Å². The van der Waals surface area contributed by atoms with Gasteiger partial charge in [-0.1, -0.05) is 5.16 Å². The van der Waals surface area contributed by atoms with Crippen LogP contribution in [0.15, 0.2) is 10.6 Å². The van der Waals surface area contributed by atoms with Gasteiger partial charge in [0.25, 0.3) is 0 Å². The Morgan fingerprint density at radius 1 is 1.50 bits per heavy atom. The highest BCUT2D eigenvalue weighted by atomic mass is 16.5. The lowest BCUT2D eigenvalue weighted by atomic mass is 9.98. The summed E-state index contributed by atoms with van der Waals surface area (Å²) in [5.74, 6) is 2.43. The molecule has 4 nitrogen and oxygen atoms in total. The van der Waals surface area contributed by atoms with Crippen molar-refractivity contribution in [2.45, 2.75) is 32.4 Å². The van der Waals surface area contributed by atoms with Crippen LogP contribution >= 0.6 is 0 Å².